The smallest absolute Gasteiger partial charge is 0.282 e. The molecule has 0 amide bonds. The van der Waals surface area contributed by atoms with Gasteiger partial charge in [-0.25, -0.2) is 8.78 Å². The standard InChI is InChI=1S/C11H13F2N/c1-2-9-5-3-4-6-10(9)14-7-11(12,13)8-14/h3-6H,2,7-8H2,1H3. The molecule has 0 unspecified atom stereocenters. The highest BCUT2D eigenvalue weighted by Gasteiger charge is 2.44. The van der Waals surface area contributed by atoms with Crippen LogP contribution < -0.4 is 4.90 Å². The van der Waals surface area contributed by atoms with E-state index in [1.165, 1.54) is 0 Å². The zero-order chi connectivity index (χ0) is 10.2. The molecule has 0 saturated carbocycles. The minimum atomic E-state index is -2.49. The molecule has 0 atom stereocenters. The first-order chi connectivity index (χ1) is 6.62. The van der Waals surface area contributed by atoms with Crippen molar-refractivity contribution in [1.82, 2.24) is 0 Å². The summed E-state index contributed by atoms with van der Waals surface area (Å²) in [6.45, 7) is 1.77. The molecule has 0 spiro atoms. The number of halogens is 2. The SMILES string of the molecule is CCc1ccccc1N1CC(F)(F)C1. The van der Waals surface area contributed by atoms with E-state index in [0.717, 1.165) is 17.7 Å². The molecule has 1 saturated heterocycles. The summed E-state index contributed by atoms with van der Waals surface area (Å²) >= 11 is 0. The van der Waals surface area contributed by atoms with Crippen molar-refractivity contribution < 1.29 is 8.78 Å². The highest BCUT2D eigenvalue weighted by Crippen LogP contribution is 2.33. The summed E-state index contributed by atoms with van der Waals surface area (Å²) < 4.78 is 25.3. The molecule has 3 heteroatoms. The molecule has 1 aliphatic heterocycles. The predicted octanol–water partition coefficient (Wildman–Crippen LogP) is 2.70. The zero-order valence-corrected chi connectivity index (χ0v) is 8.13. The van der Waals surface area contributed by atoms with Gasteiger partial charge in [-0.05, 0) is 18.1 Å². The maximum atomic E-state index is 12.7. The van der Waals surface area contributed by atoms with Crippen molar-refractivity contribution in [3.05, 3.63) is 29.8 Å². The summed E-state index contributed by atoms with van der Waals surface area (Å²) in [5.41, 5.74) is 2.10. The van der Waals surface area contributed by atoms with Gasteiger partial charge in [-0.2, -0.15) is 0 Å². The molecule has 1 aromatic carbocycles. The summed E-state index contributed by atoms with van der Waals surface area (Å²) in [5.74, 6) is -2.49. The second-order valence-corrected chi connectivity index (χ2v) is 3.69. The monoisotopic (exact) mass is 197 g/mol. The zero-order valence-electron chi connectivity index (χ0n) is 8.13. The molecule has 0 N–H and O–H groups in total. The van der Waals surface area contributed by atoms with E-state index >= 15 is 0 Å². The minimum absolute atomic E-state index is 0.135. The Labute approximate surface area is 82.3 Å². The maximum Gasteiger partial charge on any atom is 0.282 e. The van der Waals surface area contributed by atoms with Crippen molar-refractivity contribution in [1.29, 1.82) is 0 Å². The molecular weight excluding hydrogens is 184 g/mol. The van der Waals surface area contributed by atoms with Gasteiger partial charge in [0.25, 0.3) is 5.92 Å². The fraction of sp³-hybridized carbons (Fsp3) is 0.455. The first-order valence-electron chi connectivity index (χ1n) is 4.83. The van der Waals surface area contributed by atoms with Crippen LogP contribution in [0.3, 0.4) is 0 Å². The van der Waals surface area contributed by atoms with Gasteiger partial charge in [-0.1, -0.05) is 25.1 Å². The van der Waals surface area contributed by atoms with Crippen molar-refractivity contribution in [3.63, 3.8) is 0 Å². The summed E-state index contributed by atoms with van der Waals surface area (Å²) in [5, 5.41) is 0. The van der Waals surface area contributed by atoms with Crippen LogP contribution in [0.2, 0.25) is 0 Å². The second-order valence-electron chi connectivity index (χ2n) is 3.69. The molecule has 1 fully saturated rings. The molecule has 2 rings (SSSR count). The van der Waals surface area contributed by atoms with Crippen LogP contribution in [0.1, 0.15) is 12.5 Å². The lowest BCUT2D eigenvalue weighted by molar-refractivity contribution is -0.0263. The largest absolute Gasteiger partial charge is 0.359 e. The topological polar surface area (TPSA) is 3.24 Å². The third kappa shape index (κ3) is 1.59. The van der Waals surface area contributed by atoms with Crippen molar-refractivity contribution in [2.75, 3.05) is 18.0 Å². The van der Waals surface area contributed by atoms with Gasteiger partial charge in [0.15, 0.2) is 0 Å². The van der Waals surface area contributed by atoms with Crippen molar-refractivity contribution in [3.8, 4) is 0 Å². The van der Waals surface area contributed by atoms with Crippen molar-refractivity contribution in [2.45, 2.75) is 19.3 Å². The maximum absolute atomic E-state index is 12.7. The number of rotatable bonds is 2. The van der Waals surface area contributed by atoms with Gasteiger partial charge in [0, 0.05) is 5.69 Å². The highest BCUT2D eigenvalue weighted by atomic mass is 19.3. The minimum Gasteiger partial charge on any atom is -0.359 e. The Hall–Kier alpha value is -1.12. The van der Waals surface area contributed by atoms with Gasteiger partial charge in [0.2, 0.25) is 0 Å². The van der Waals surface area contributed by atoms with Crippen molar-refractivity contribution >= 4 is 5.69 Å². The molecule has 0 radical (unpaired) electrons. The molecule has 1 aliphatic rings. The lowest BCUT2D eigenvalue weighted by Crippen LogP contribution is -2.56. The molecule has 1 nitrogen and oxygen atoms in total. The van der Waals surface area contributed by atoms with Crippen LogP contribution >= 0.6 is 0 Å². The lowest BCUT2D eigenvalue weighted by Gasteiger charge is -2.41. The molecular formula is C11H13F2N. The number of hydrogen-bond acceptors (Lipinski definition) is 1. The molecule has 0 bridgehead atoms. The number of nitrogens with zero attached hydrogens (tertiary/aromatic N) is 1. The molecule has 1 aromatic rings. The Balaban J connectivity index is 2.18. The Morgan fingerprint density at radius 2 is 1.93 bits per heavy atom. The van der Waals surface area contributed by atoms with E-state index < -0.39 is 5.92 Å². The Morgan fingerprint density at radius 3 is 2.50 bits per heavy atom. The van der Waals surface area contributed by atoms with Crippen LogP contribution in [0.25, 0.3) is 0 Å². The Morgan fingerprint density at radius 1 is 1.29 bits per heavy atom. The first kappa shape index (κ1) is 9.44. The summed E-state index contributed by atoms with van der Waals surface area (Å²) in [6, 6.07) is 7.74. The number of para-hydroxylation sites is 1. The molecule has 0 aliphatic carbocycles. The predicted molar refractivity (Wildman–Crippen MR) is 53.0 cm³/mol. The van der Waals surface area contributed by atoms with E-state index in [1.807, 2.05) is 31.2 Å². The van der Waals surface area contributed by atoms with E-state index in [0.29, 0.717) is 0 Å². The molecule has 1 heterocycles. The van der Waals surface area contributed by atoms with E-state index in [9.17, 15) is 8.78 Å². The average molecular weight is 197 g/mol. The summed E-state index contributed by atoms with van der Waals surface area (Å²) in [4.78, 5) is 1.73. The van der Waals surface area contributed by atoms with E-state index in [1.54, 1.807) is 4.90 Å². The van der Waals surface area contributed by atoms with Gasteiger partial charge in [0.1, 0.15) is 0 Å². The van der Waals surface area contributed by atoms with Crippen LogP contribution in [-0.4, -0.2) is 19.0 Å². The summed E-state index contributed by atoms with van der Waals surface area (Å²) in [7, 11) is 0. The van der Waals surface area contributed by atoms with Gasteiger partial charge in [0.05, 0.1) is 13.1 Å². The fourth-order valence-corrected chi connectivity index (χ4v) is 1.80. The molecule has 14 heavy (non-hydrogen) atoms. The lowest BCUT2D eigenvalue weighted by atomic mass is 10.0. The number of anilines is 1. The van der Waals surface area contributed by atoms with Crippen LogP contribution in [0.15, 0.2) is 24.3 Å². The third-order valence-corrected chi connectivity index (χ3v) is 2.56. The Bertz CT molecular complexity index is 328. The highest BCUT2D eigenvalue weighted by molar-refractivity contribution is 5.56. The van der Waals surface area contributed by atoms with Crippen LogP contribution in [0.4, 0.5) is 14.5 Å². The quantitative estimate of drug-likeness (QED) is 0.704. The number of benzene rings is 1. The van der Waals surface area contributed by atoms with Gasteiger partial charge in [-0.15, -0.1) is 0 Å². The molecule has 0 aromatic heterocycles. The second kappa shape index (κ2) is 3.23. The number of hydrogen-bond donors (Lipinski definition) is 0. The molecule has 76 valence electrons. The van der Waals surface area contributed by atoms with Crippen molar-refractivity contribution in [2.24, 2.45) is 0 Å². The average Bonchev–Trinajstić information content (AvgIpc) is 2.14. The van der Waals surface area contributed by atoms with Gasteiger partial charge < -0.3 is 4.90 Å². The number of alkyl halides is 2. The first-order valence-corrected chi connectivity index (χ1v) is 4.83. The third-order valence-electron chi connectivity index (χ3n) is 2.56. The summed E-state index contributed by atoms with van der Waals surface area (Å²) in [6.07, 6.45) is 0.887. The van der Waals surface area contributed by atoms with Crippen LogP contribution in [0, 0.1) is 0 Å². The van der Waals surface area contributed by atoms with E-state index in [2.05, 4.69) is 0 Å². The fourth-order valence-electron chi connectivity index (χ4n) is 1.80. The van der Waals surface area contributed by atoms with E-state index in [-0.39, 0.29) is 13.1 Å². The van der Waals surface area contributed by atoms with Gasteiger partial charge in [-0.3, -0.25) is 0 Å². The Kier molecular flexibility index (Phi) is 2.17. The van der Waals surface area contributed by atoms with Crippen LogP contribution in [0.5, 0.6) is 0 Å². The number of aryl methyl sites for hydroxylation is 1. The van der Waals surface area contributed by atoms with Gasteiger partial charge >= 0.3 is 0 Å². The van der Waals surface area contributed by atoms with Crippen LogP contribution in [-0.2, 0) is 6.42 Å². The normalized spacial score (nSPS) is 19.2. The van der Waals surface area contributed by atoms with E-state index in [4.69, 9.17) is 0 Å².